The fourth-order valence-electron chi connectivity index (χ4n) is 2.32. The highest BCUT2D eigenvalue weighted by molar-refractivity contribution is 6.31. The van der Waals surface area contributed by atoms with E-state index in [1.807, 2.05) is 13.0 Å². The molecule has 1 aromatic rings. The normalized spacial score (nSPS) is 22.6. The second kappa shape index (κ2) is 4.87. The van der Waals surface area contributed by atoms with Gasteiger partial charge in [-0.15, -0.1) is 0 Å². The summed E-state index contributed by atoms with van der Waals surface area (Å²) in [5.41, 5.74) is 3.45. The van der Waals surface area contributed by atoms with Crippen LogP contribution in [0.4, 0.5) is 0 Å². The molecule has 1 heterocycles. The molecule has 1 saturated heterocycles. The smallest absolute Gasteiger partial charge is 0.125 e. The van der Waals surface area contributed by atoms with E-state index >= 15 is 0 Å². The summed E-state index contributed by atoms with van der Waals surface area (Å²) in [7, 11) is 1.72. The molecule has 0 radical (unpaired) electrons. The predicted octanol–water partition coefficient (Wildman–Crippen LogP) is 3.69. The molecule has 2 nitrogen and oxygen atoms in total. The zero-order valence-electron chi connectivity index (χ0n) is 10.8. The number of halogens is 1. The Morgan fingerprint density at radius 3 is 2.59 bits per heavy atom. The first-order chi connectivity index (χ1) is 8.04. The van der Waals surface area contributed by atoms with Crippen molar-refractivity contribution in [2.45, 2.75) is 45.8 Å². The van der Waals surface area contributed by atoms with E-state index in [4.69, 9.17) is 21.1 Å². The Morgan fingerprint density at radius 1 is 1.41 bits per heavy atom. The fourth-order valence-corrected chi connectivity index (χ4v) is 2.60. The van der Waals surface area contributed by atoms with E-state index in [1.54, 1.807) is 7.11 Å². The second-order valence-corrected chi connectivity index (χ2v) is 5.14. The molecule has 0 aliphatic carbocycles. The molecule has 0 amide bonds. The van der Waals surface area contributed by atoms with Crippen molar-refractivity contribution < 1.29 is 9.47 Å². The standard InChI is InChI=1S/C14H19ClO2/c1-8-7-12(15)9(2)11(14(8)16-4)5-6-13-10(3)17-13/h7,10,13H,5-6H2,1-4H3. The Balaban J connectivity index is 2.23. The second-order valence-electron chi connectivity index (χ2n) is 4.73. The first kappa shape index (κ1) is 12.7. The number of aryl methyl sites for hydroxylation is 1. The molecule has 1 aliphatic rings. The molecule has 0 saturated carbocycles. The monoisotopic (exact) mass is 254 g/mol. The molecule has 0 aromatic heterocycles. The lowest BCUT2D eigenvalue weighted by Crippen LogP contribution is -2.02. The van der Waals surface area contributed by atoms with Crippen molar-refractivity contribution in [2.75, 3.05) is 7.11 Å². The van der Waals surface area contributed by atoms with Crippen molar-refractivity contribution in [1.82, 2.24) is 0 Å². The lowest BCUT2D eigenvalue weighted by atomic mass is 9.98. The van der Waals surface area contributed by atoms with Gasteiger partial charge in [0.15, 0.2) is 0 Å². The van der Waals surface area contributed by atoms with Gasteiger partial charge >= 0.3 is 0 Å². The van der Waals surface area contributed by atoms with Crippen LogP contribution in [0.2, 0.25) is 5.02 Å². The summed E-state index contributed by atoms with van der Waals surface area (Å²) in [5.74, 6) is 0.972. The molecule has 1 fully saturated rings. The average molecular weight is 255 g/mol. The van der Waals surface area contributed by atoms with Gasteiger partial charge in [0.05, 0.1) is 19.3 Å². The van der Waals surface area contributed by atoms with Gasteiger partial charge in [0, 0.05) is 5.02 Å². The number of hydrogen-bond donors (Lipinski definition) is 0. The van der Waals surface area contributed by atoms with Crippen molar-refractivity contribution in [3.8, 4) is 5.75 Å². The van der Waals surface area contributed by atoms with E-state index < -0.39 is 0 Å². The van der Waals surface area contributed by atoms with Crippen molar-refractivity contribution >= 4 is 11.6 Å². The maximum absolute atomic E-state index is 6.22. The van der Waals surface area contributed by atoms with Crippen LogP contribution in [0, 0.1) is 13.8 Å². The molecule has 0 spiro atoms. The minimum atomic E-state index is 0.415. The van der Waals surface area contributed by atoms with Crippen LogP contribution in [-0.2, 0) is 11.2 Å². The lowest BCUT2D eigenvalue weighted by Gasteiger charge is -2.15. The van der Waals surface area contributed by atoms with Gasteiger partial charge in [0.25, 0.3) is 0 Å². The van der Waals surface area contributed by atoms with Crippen molar-refractivity contribution in [1.29, 1.82) is 0 Å². The molecular weight excluding hydrogens is 236 g/mol. The van der Waals surface area contributed by atoms with Gasteiger partial charge in [-0.25, -0.2) is 0 Å². The molecule has 17 heavy (non-hydrogen) atoms. The number of rotatable bonds is 4. The summed E-state index contributed by atoms with van der Waals surface area (Å²) in [5, 5.41) is 0.822. The Morgan fingerprint density at radius 2 is 2.06 bits per heavy atom. The van der Waals surface area contributed by atoms with Gasteiger partial charge in [-0.1, -0.05) is 11.6 Å². The van der Waals surface area contributed by atoms with Crippen LogP contribution in [0.1, 0.15) is 30.0 Å². The number of epoxide rings is 1. The van der Waals surface area contributed by atoms with Crippen LogP contribution >= 0.6 is 11.6 Å². The summed E-state index contributed by atoms with van der Waals surface area (Å²) in [6.45, 7) is 6.19. The molecule has 1 aliphatic heterocycles. The van der Waals surface area contributed by atoms with E-state index in [2.05, 4.69) is 13.8 Å². The summed E-state index contributed by atoms with van der Waals surface area (Å²) in [6.07, 6.45) is 2.84. The topological polar surface area (TPSA) is 21.8 Å². The molecule has 3 heteroatoms. The van der Waals surface area contributed by atoms with Crippen LogP contribution in [0.3, 0.4) is 0 Å². The van der Waals surface area contributed by atoms with Crippen LogP contribution < -0.4 is 4.74 Å². The summed E-state index contributed by atoms with van der Waals surface area (Å²) < 4.78 is 10.9. The SMILES string of the molecule is COc1c(C)cc(Cl)c(C)c1CCC1OC1C. The van der Waals surface area contributed by atoms with Crippen LogP contribution in [0.25, 0.3) is 0 Å². The van der Waals surface area contributed by atoms with Gasteiger partial charge in [-0.2, -0.15) is 0 Å². The number of benzene rings is 1. The van der Waals surface area contributed by atoms with E-state index in [-0.39, 0.29) is 0 Å². The minimum Gasteiger partial charge on any atom is -0.496 e. The average Bonchev–Trinajstić information content (AvgIpc) is 2.98. The Hall–Kier alpha value is -0.730. The third kappa shape index (κ3) is 2.58. The summed E-state index contributed by atoms with van der Waals surface area (Å²) in [4.78, 5) is 0. The number of ether oxygens (including phenoxy) is 2. The Labute approximate surface area is 108 Å². The van der Waals surface area contributed by atoms with E-state index in [9.17, 15) is 0 Å². The third-order valence-electron chi connectivity index (χ3n) is 3.51. The quantitative estimate of drug-likeness (QED) is 0.765. The molecule has 2 unspecified atom stereocenters. The fraction of sp³-hybridized carbons (Fsp3) is 0.571. The molecule has 2 rings (SSSR count). The number of hydrogen-bond acceptors (Lipinski definition) is 2. The maximum Gasteiger partial charge on any atom is 0.125 e. The van der Waals surface area contributed by atoms with Crippen molar-refractivity contribution in [3.63, 3.8) is 0 Å². The first-order valence-electron chi connectivity index (χ1n) is 6.02. The zero-order chi connectivity index (χ0) is 12.6. The van der Waals surface area contributed by atoms with Gasteiger partial charge in [-0.05, 0) is 56.4 Å². The van der Waals surface area contributed by atoms with Crippen LogP contribution in [0.5, 0.6) is 5.75 Å². The highest BCUT2D eigenvalue weighted by atomic mass is 35.5. The largest absolute Gasteiger partial charge is 0.496 e. The molecule has 1 aromatic carbocycles. The minimum absolute atomic E-state index is 0.415. The Kier molecular flexibility index (Phi) is 3.64. The number of methoxy groups -OCH3 is 1. The van der Waals surface area contributed by atoms with Crippen LogP contribution in [0.15, 0.2) is 6.07 Å². The molecule has 0 bridgehead atoms. The van der Waals surface area contributed by atoms with E-state index in [0.29, 0.717) is 12.2 Å². The van der Waals surface area contributed by atoms with Crippen molar-refractivity contribution in [3.05, 3.63) is 27.8 Å². The highest BCUT2D eigenvalue weighted by Crippen LogP contribution is 2.35. The molecular formula is C14H19ClO2. The van der Waals surface area contributed by atoms with E-state index in [1.165, 1.54) is 5.56 Å². The van der Waals surface area contributed by atoms with Gasteiger partial charge in [0.1, 0.15) is 5.75 Å². The van der Waals surface area contributed by atoms with Crippen LogP contribution in [-0.4, -0.2) is 19.3 Å². The predicted molar refractivity (Wildman–Crippen MR) is 70.1 cm³/mol. The van der Waals surface area contributed by atoms with Gasteiger partial charge in [0.2, 0.25) is 0 Å². The zero-order valence-corrected chi connectivity index (χ0v) is 11.6. The molecule has 94 valence electrons. The first-order valence-corrected chi connectivity index (χ1v) is 6.40. The van der Waals surface area contributed by atoms with Crippen molar-refractivity contribution in [2.24, 2.45) is 0 Å². The summed E-state index contributed by atoms with van der Waals surface area (Å²) >= 11 is 6.22. The highest BCUT2D eigenvalue weighted by Gasteiger charge is 2.33. The maximum atomic E-state index is 6.22. The third-order valence-corrected chi connectivity index (χ3v) is 3.90. The lowest BCUT2D eigenvalue weighted by molar-refractivity contribution is 0.368. The van der Waals surface area contributed by atoms with Gasteiger partial charge in [-0.3, -0.25) is 0 Å². The van der Waals surface area contributed by atoms with E-state index in [0.717, 1.165) is 34.7 Å². The summed E-state index contributed by atoms with van der Waals surface area (Å²) in [6, 6.07) is 1.97. The van der Waals surface area contributed by atoms with Gasteiger partial charge < -0.3 is 9.47 Å². The molecule has 2 atom stereocenters. The Bertz CT molecular complexity index is 429. The molecule has 0 N–H and O–H groups in total.